The number of nitro benzene ring substituents is 1. The van der Waals surface area contributed by atoms with E-state index in [2.05, 4.69) is 10.6 Å². The molecular weight excluding hydrogens is 258 g/mol. The quantitative estimate of drug-likeness (QED) is 0.503. The molecule has 112 valence electrons. The highest BCUT2D eigenvalue weighted by Crippen LogP contribution is 2.27. The normalized spacial score (nSPS) is 11.2. The van der Waals surface area contributed by atoms with E-state index in [0.717, 1.165) is 18.7 Å². The van der Waals surface area contributed by atoms with Gasteiger partial charge in [0, 0.05) is 42.2 Å². The third kappa shape index (κ3) is 5.05. The highest BCUT2D eigenvalue weighted by Gasteiger charge is 2.18. The van der Waals surface area contributed by atoms with E-state index in [4.69, 9.17) is 5.11 Å². The zero-order valence-electron chi connectivity index (χ0n) is 12.3. The largest absolute Gasteiger partial charge is 0.396 e. The van der Waals surface area contributed by atoms with Crippen LogP contribution in [0.1, 0.15) is 33.6 Å². The lowest BCUT2D eigenvalue weighted by Crippen LogP contribution is -2.31. The smallest absolute Gasteiger partial charge is 0.273 e. The molecule has 0 saturated heterocycles. The Morgan fingerprint density at radius 1 is 1.30 bits per heavy atom. The van der Waals surface area contributed by atoms with Crippen molar-refractivity contribution >= 4 is 17.1 Å². The van der Waals surface area contributed by atoms with Crippen molar-refractivity contribution in [3.8, 4) is 0 Å². The molecule has 0 amide bonds. The summed E-state index contributed by atoms with van der Waals surface area (Å²) < 4.78 is 0. The van der Waals surface area contributed by atoms with Gasteiger partial charge in [0.15, 0.2) is 0 Å². The second-order valence-corrected chi connectivity index (χ2v) is 5.43. The van der Waals surface area contributed by atoms with Crippen LogP contribution < -0.4 is 10.6 Å². The summed E-state index contributed by atoms with van der Waals surface area (Å²) in [6.45, 7) is 6.76. The first-order valence-corrected chi connectivity index (χ1v) is 6.80. The van der Waals surface area contributed by atoms with E-state index in [0.29, 0.717) is 12.1 Å². The summed E-state index contributed by atoms with van der Waals surface area (Å²) in [4.78, 5) is 10.6. The summed E-state index contributed by atoms with van der Waals surface area (Å²) in [6, 6.07) is 4.89. The minimum absolute atomic E-state index is 0.0494. The summed E-state index contributed by atoms with van der Waals surface area (Å²) in [7, 11) is 0. The molecule has 1 aromatic carbocycles. The molecule has 0 aliphatic carbocycles. The molecule has 20 heavy (non-hydrogen) atoms. The SMILES string of the molecule is CCCNc1cc(NC(C)(C)CCO)cc([N+](=O)[O-])c1. The van der Waals surface area contributed by atoms with Crippen molar-refractivity contribution in [2.45, 2.75) is 39.2 Å². The molecule has 0 aromatic heterocycles. The number of benzene rings is 1. The number of aliphatic hydroxyl groups is 1. The number of nitrogens with one attached hydrogen (secondary N) is 2. The predicted molar refractivity (Wildman–Crippen MR) is 81.3 cm³/mol. The van der Waals surface area contributed by atoms with Gasteiger partial charge in [0.25, 0.3) is 5.69 Å². The van der Waals surface area contributed by atoms with E-state index in [1.165, 1.54) is 12.1 Å². The highest BCUT2D eigenvalue weighted by atomic mass is 16.6. The minimum Gasteiger partial charge on any atom is -0.396 e. The molecule has 0 fully saturated rings. The van der Waals surface area contributed by atoms with Crippen LogP contribution in [0, 0.1) is 10.1 Å². The number of anilines is 2. The molecule has 0 unspecified atom stereocenters. The fraction of sp³-hybridized carbons (Fsp3) is 0.571. The van der Waals surface area contributed by atoms with Gasteiger partial charge in [0.2, 0.25) is 0 Å². The van der Waals surface area contributed by atoms with Crippen LogP contribution in [0.3, 0.4) is 0 Å². The molecule has 3 N–H and O–H groups in total. The fourth-order valence-corrected chi connectivity index (χ4v) is 1.89. The van der Waals surface area contributed by atoms with Gasteiger partial charge in [-0.1, -0.05) is 6.92 Å². The third-order valence-corrected chi connectivity index (χ3v) is 2.93. The Labute approximate surface area is 119 Å². The molecule has 0 aliphatic rings. The van der Waals surface area contributed by atoms with Gasteiger partial charge < -0.3 is 15.7 Å². The Kier molecular flexibility index (Phi) is 5.76. The summed E-state index contributed by atoms with van der Waals surface area (Å²) >= 11 is 0. The maximum Gasteiger partial charge on any atom is 0.273 e. The minimum atomic E-state index is -0.401. The second-order valence-electron chi connectivity index (χ2n) is 5.43. The lowest BCUT2D eigenvalue weighted by molar-refractivity contribution is -0.384. The van der Waals surface area contributed by atoms with Crippen LogP contribution in [0.2, 0.25) is 0 Å². The monoisotopic (exact) mass is 281 g/mol. The van der Waals surface area contributed by atoms with E-state index < -0.39 is 4.92 Å². The molecule has 0 radical (unpaired) electrons. The summed E-state index contributed by atoms with van der Waals surface area (Å²) in [6.07, 6.45) is 1.51. The Balaban J connectivity index is 2.99. The first-order chi connectivity index (χ1) is 9.38. The summed E-state index contributed by atoms with van der Waals surface area (Å²) in [5.41, 5.74) is 1.12. The molecule has 0 aliphatic heterocycles. The average molecular weight is 281 g/mol. The number of non-ortho nitro benzene ring substituents is 1. The van der Waals surface area contributed by atoms with Crippen LogP contribution in [0.5, 0.6) is 0 Å². The third-order valence-electron chi connectivity index (χ3n) is 2.93. The van der Waals surface area contributed by atoms with Crippen LogP contribution in [0.4, 0.5) is 17.1 Å². The van der Waals surface area contributed by atoms with E-state index in [1.807, 2.05) is 26.8 Å². The highest BCUT2D eigenvalue weighted by molar-refractivity contribution is 5.64. The van der Waals surface area contributed by atoms with Gasteiger partial charge in [-0.15, -0.1) is 0 Å². The van der Waals surface area contributed by atoms with Gasteiger partial charge >= 0.3 is 0 Å². The van der Waals surface area contributed by atoms with Crippen molar-refractivity contribution in [2.24, 2.45) is 0 Å². The van der Waals surface area contributed by atoms with Gasteiger partial charge in [-0.3, -0.25) is 10.1 Å². The maximum absolute atomic E-state index is 11.0. The molecule has 0 bridgehead atoms. The molecule has 0 spiro atoms. The van der Waals surface area contributed by atoms with Crippen molar-refractivity contribution in [3.05, 3.63) is 28.3 Å². The average Bonchev–Trinajstić information content (AvgIpc) is 2.35. The van der Waals surface area contributed by atoms with Crippen molar-refractivity contribution in [2.75, 3.05) is 23.8 Å². The number of hydrogen-bond donors (Lipinski definition) is 3. The van der Waals surface area contributed by atoms with Gasteiger partial charge in [-0.2, -0.15) is 0 Å². The number of nitro groups is 1. The predicted octanol–water partition coefficient (Wildman–Crippen LogP) is 2.99. The first kappa shape index (κ1) is 16.2. The Morgan fingerprint density at radius 2 is 1.95 bits per heavy atom. The van der Waals surface area contributed by atoms with Crippen molar-refractivity contribution < 1.29 is 10.0 Å². The number of hydrogen-bond acceptors (Lipinski definition) is 5. The zero-order chi connectivity index (χ0) is 15.2. The van der Waals surface area contributed by atoms with Crippen LogP contribution in [0.25, 0.3) is 0 Å². The number of rotatable bonds is 8. The first-order valence-electron chi connectivity index (χ1n) is 6.80. The Morgan fingerprint density at radius 3 is 2.50 bits per heavy atom. The van der Waals surface area contributed by atoms with Crippen LogP contribution >= 0.6 is 0 Å². The van der Waals surface area contributed by atoms with Crippen molar-refractivity contribution in [3.63, 3.8) is 0 Å². The van der Waals surface area contributed by atoms with E-state index >= 15 is 0 Å². The number of nitrogens with zero attached hydrogens (tertiary/aromatic N) is 1. The van der Waals surface area contributed by atoms with Crippen LogP contribution in [0.15, 0.2) is 18.2 Å². The topological polar surface area (TPSA) is 87.4 Å². The molecule has 0 saturated carbocycles. The standard InChI is InChI=1S/C14H23N3O3/c1-4-6-15-11-8-12(10-13(9-11)17(19)20)16-14(2,3)5-7-18/h8-10,15-16,18H,4-7H2,1-3H3. The van der Waals surface area contributed by atoms with Crippen molar-refractivity contribution in [1.82, 2.24) is 0 Å². The lowest BCUT2D eigenvalue weighted by atomic mass is 10.0. The van der Waals surface area contributed by atoms with E-state index in [1.54, 1.807) is 0 Å². The number of aliphatic hydroxyl groups excluding tert-OH is 1. The Hall–Kier alpha value is -1.82. The molecule has 6 nitrogen and oxygen atoms in total. The zero-order valence-corrected chi connectivity index (χ0v) is 12.3. The molecule has 1 aromatic rings. The second kappa shape index (κ2) is 7.09. The lowest BCUT2D eigenvalue weighted by Gasteiger charge is -2.27. The van der Waals surface area contributed by atoms with Gasteiger partial charge in [0.1, 0.15) is 0 Å². The molecule has 0 heterocycles. The van der Waals surface area contributed by atoms with Crippen molar-refractivity contribution in [1.29, 1.82) is 0 Å². The fourth-order valence-electron chi connectivity index (χ4n) is 1.89. The maximum atomic E-state index is 11.0. The van der Waals surface area contributed by atoms with Crippen LogP contribution in [-0.4, -0.2) is 28.7 Å². The molecule has 1 rings (SSSR count). The Bertz CT molecular complexity index is 461. The summed E-state index contributed by atoms with van der Waals surface area (Å²) in [5, 5.41) is 26.4. The van der Waals surface area contributed by atoms with Gasteiger partial charge in [0.05, 0.1) is 4.92 Å². The van der Waals surface area contributed by atoms with Gasteiger partial charge in [-0.25, -0.2) is 0 Å². The van der Waals surface area contributed by atoms with E-state index in [-0.39, 0.29) is 17.8 Å². The molecule has 6 heteroatoms. The van der Waals surface area contributed by atoms with E-state index in [9.17, 15) is 10.1 Å². The van der Waals surface area contributed by atoms with Gasteiger partial charge in [-0.05, 0) is 32.8 Å². The molecule has 0 atom stereocenters. The van der Waals surface area contributed by atoms with Crippen LogP contribution in [-0.2, 0) is 0 Å². The molecular formula is C14H23N3O3. The summed E-state index contributed by atoms with van der Waals surface area (Å²) in [5.74, 6) is 0.